The van der Waals surface area contributed by atoms with E-state index in [9.17, 15) is 8.42 Å². The predicted octanol–water partition coefficient (Wildman–Crippen LogP) is 3.13. The Hall–Kier alpha value is -0.100. The van der Waals surface area contributed by atoms with Crippen molar-refractivity contribution < 1.29 is 8.42 Å². The number of hydrogen-bond donors (Lipinski definition) is 1. The lowest BCUT2D eigenvalue weighted by Crippen LogP contribution is -2.43. The van der Waals surface area contributed by atoms with Crippen molar-refractivity contribution in [3.05, 3.63) is 28.7 Å². The van der Waals surface area contributed by atoms with Crippen molar-refractivity contribution >= 4 is 37.6 Å². The molecule has 0 bridgehead atoms. The number of nitrogens with one attached hydrogen (secondary N) is 1. The van der Waals surface area contributed by atoms with Gasteiger partial charge >= 0.3 is 0 Å². The van der Waals surface area contributed by atoms with Gasteiger partial charge in [-0.05, 0) is 38.5 Å². The van der Waals surface area contributed by atoms with Crippen LogP contribution in [-0.2, 0) is 10.0 Å². The molecule has 0 heterocycles. The second-order valence-electron chi connectivity index (χ2n) is 4.39. The smallest absolute Gasteiger partial charge is 0.207 e. The van der Waals surface area contributed by atoms with Gasteiger partial charge in [0.2, 0.25) is 10.0 Å². The molecule has 1 N–H and O–H groups in total. The highest BCUT2D eigenvalue weighted by atomic mass is 79.9. The van der Waals surface area contributed by atoms with E-state index in [0.717, 1.165) is 4.47 Å². The van der Waals surface area contributed by atoms with Crippen molar-refractivity contribution in [3.8, 4) is 0 Å². The summed E-state index contributed by atoms with van der Waals surface area (Å²) < 4.78 is 27.6. The zero-order chi connectivity index (χ0) is 13.1. The van der Waals surface area contributed by atoms with Crippen molar-refractivity contribution in [2.24, 2.45) is 0 Å². The van der Waals surface area contributed by atoms with E-state index < -0.39 is 15.6 Å². The monoisotopic (exact) mass is 339 g/mol. The van der Waals surface area contributed by atoms with Gasteiger partial charge in [-0.25, -0.2) is 13.1 Å². The first-order valence-electron chi connectivity index (χ1n) is 5.12. The number of halogens is 2. The number of alkyl halides is 1. The maximum Gasteiger partial charge on any atom is 0.241 e. The Labute approximate surface area is 116 Å². The summed E-state index contributed by atoms with van der Waals surface area (Å²) in [6, 6.07) is 6.60. The Morgan fingerprint density at radius 2 is 2.06 bits per heavy atom. The van der Waals surface area contributed by atoms with Crippen LogP contribution >= 0.6 is 27.5 Å². The third-order valence-corrected chi connectivity index (χ3v) is 4.61. The Balaban J connectivity index is 2.97. The average molecular weight is 341 g/mol. The van der Waals surface area contributed by atoms with Gasteiger partial charge in [0, 0.05) is 15.9 Å². The van der Waals surface area contributed by atoms with E-state index in [0.29, 0.717) is 12.3 Å². The fourth-order valence-corrected chi connectivity index (χ4v) is 3.85. The molecule has 6 heteroatoms. The van der Waals surface area contributed by atoms with Crippen LogP contribution in [0.1, 0.15) is 20.3 Å². The van der Waals surface area contributed by atoms with Gasteiger partial charge in [0.1, 0.15) is 0 Å². The Kier molecular flexibility index (Phi) is 5.01. The normalized spacial score (nSPS) is 12.7. The minimum atomic E-state index is -3.50. The summed E-state index contributed by atoms with van der Waals surface area (Å²) in [5, 5.41) is 0. The molecule has 3 nitrogen and oxygen atoms in total. The molecule has 0 aliphatic rings. The van der Waals surface area contributed by atoms with Gasteiger partial charge in [-0.1, -0.05) is 22.0 Å². The van der Waals surface area contributed by atoms with Crippen LogP contribution in [-0.4, -0.2) is 19.8 Å². The second kappa shape index (κ2) is 5.69. The molecule has 1 aromatic carbocycles. The molecular weight excluding hydrogens is 326 g/mol. The van der Waals surface area contributed by atoms with Gasteiger partial charge in [-0.2, -0.15) is 0 Å². The first kappa shape index (κ1) is 15.0. The van der Waals surface area contributed by atoms with Gasteiger partial charge in [0.25, 0.3) is 0 Å². The molecule has 0 aromatic heterocycles. The number of rotatable bonds is 5. The van der Waals surface area contributed by atoms with Crippen LogP contribution in [0.15, 0.2) is 33.6 Å². The molecule has 0 radical (unpaired) electrons. The van der Waals surface area contributed by atoms with Crippen LogP contribution in [0.5, 0.6) is 0 Å². The topological polar surface area (TPSA) is 46.2 Å². The minimum Gasteiger partial charge on any atom is -0.207 e. The van der Waals surface area contributed by atoms with Crippen LogP contribution in [0, 0.1) is 0 Å². The van der Waals surface area contributed by atoms with Gasteiger partial charge in [0.15, 0.2) is 0 Å². The molecule has 0 saturated carbocycles. The molecule has 0 spiro atoms. The Morgan fingerprint density at radius 3 is 2.59 bits per heavy atom. The molecule has 96 valence electrons. The quantitative estimate of drug-likeness (QED) is 0.837. The maximum atomic E-state index is 12.1. The van der Waals surface area contributed by atoms with E-state index in [1.165, 1.54) is 0 Å². The first-order chi connectivity index (χ1) is 7.77. The molecule has 0 aliphatic carbocycles. The molecule has 17 heavy (non-hydrogen) atoms. The summed E-state index contributed by atoms with van der Waals surface area (Å²) in [7, 11) is -3.50. The third-order valence-electron chi connectivity index (χ3n) is 2.24. The summed E-state index contributed by atoms with van der Waals surface area (Å²) in [5.41, 5.74) is -0.553. The van der Waals surface area contributed by atoms with Crippen LogP contribution in [0.25, 0.3) is 0 Å². The van der Waals surface area contributed by atoms with E-state index in [1.54, 1.807) is 24.3 Å². The highest BCUT2D eigenvalue weighted by Gasteiger charge is 2.25. The van der Waals surface area contributed by atoms with E-state index >= 15 is 0 Å². The first-order valence-corrected chi connectivity index (χ1v) is 7.93. The Morgan fingerprint density at radius 1 is 1.41 bits per heavy atom. The lowest BCUT2D eigenvalue weighted by molar-refractivity contribution is 0.441. The summed E-state index contributed by atoms with van der Waals surface area (Å²) in [6.45, 7) is 3.62. The van der Waals surface area contributed by atoms with Gasteiger partial charge in [-0.15, -0.1) is 11.6 Å². The van der Waals surface area contributed by atoms with E-state index in [4.69, 9.17) is 11.6 Å². The standard InChI is InChI=1S/C11H15BrClNO2S/c1-11(2,6-7-13)14-17(15,16)10-5-3-4-9(12)8-10/h3-5,8,14H,6-7H2,1-2H3. The minimum absolute atomic E-state index is 0.245. The van der Waals surface area contributed by atoms with Crippen molar-refractivity contribution in [1.82, 2.24) is 4.72 Å². The molecular formula is C11H15BrClNO2S. The van der Waals surface area contributed by atoms with Crippen LogP contribution in [0.3, 0.4) is 0 Å². The molecule has 0 unspecified atom stereocenters. The molecule has 0 atom stereocenters. The SMILES string of the molecule is CC(C)(CCCl)NS(=O)(=O)c1cccc(Br)c1. The summed E-state index contributed by atoms with van der Waals surface area (Å²) in [6.07, 6.45) is 0.571. The van der Waals surface area contributed by atoms with Crippen LogP contribution in [0.2, 0.25) is 0 Å². The molecule has 1 aromatic rings. The van der Waals surface area contributed by atoms with Crippen molar-refractivity contribution in [3.63, 3.8) is 0 Å². The van der Waals surface area contributed by atoms with E-state index in [2.05, 4.69) is 20.7 Å². The van der Waals surface area contributed by atoms with Gasteiger partial charge < -0.3 is 0 Å². The lowest BCUT2D eigenvalue weighted by Gasteiger charge is -2.24. The number of hydrogen-bond acceptors (Lipinski definition) is 2. The number of benzene rings is 1. The highest BCUT2D eigenvalue weighted by molar-refractivity contribution is 9.10. The van der Waals surface area contributed by atoms with E-state index in [1.807, 2.05) is 13.8 Å². The van der Waals surface area contributed by atoms with Crippen molar-refractivity contribution in [2.75, 3.05) is 5.88 Å². The fraction of sp³-hybridized carbons (Fsp3) is 0.455. The van der Waals surface area contributed by atoms with Crippen LogP contribution in [0.4, 0.5) is 0 Å². The zero-order valence-corrected chi connectivity index (χ0v) is 12.9. The zero-order valence-electron chi connectivity index (χ0n) is 9.70. The average Bonchev–Trinajstić information content (AvgIpc) is 2.15. The molecule has 0 saturated heterocycles. The molecule has 0 amide bonds. The number of sulfonamides is 1. The third kappa shape index (κ3) is 4.58. The van der Waals surface area contributed by atoms with E-state index in [-0.39, 0.29) is 4.90 Å². The van der Waals surface area contributed by atoms with Crippen LogP contribution < -0.4 is 4.72 Å². The highest BCUT2D eigenvalue weighted by Crippen LogP contribution is 2.19. The lowest BCUT2D eigenvalue weighted by atomic mass is 10.0. The summed E-state index contributed by atoms with van der Waals surface area (Å²) in [5.74, 6) is 0.411. The van der Waals surface area contributed by atoms with Gasteiger partial charge in [0.05, 0.1) is 4.90 Å². The predicted molar refractivity (Wildman–Crippen MR) is 73.9 cm³/mol. The summed E-state index contributed by atoms with van der Waals surface area (Å²) >= 11 is 8.90. The maximum absolute atomic E-state index is 12.1. The summed E-state index contributed by atoms with van der Waals surface area (Å²) in [4.78, 5) is 0.245. The van der Waals surface area contributed by atoms with Gasteiger partial charge in [-0.3, -0.25) is 0 Å². The molecule has 1 rings (SSSR count). The second-order valence-corrected chi connectivity index (χ2v) is 7.36. The van der Waals surface area contributed by atoms with Crippen molar-refractivity contribution in [1.29, 1.82) is 0 Å². The largest absolute Gasteiger partial charge is 0.241 e. The Bertz CT molecular complexity index is 488. The fourth-order valence-electron chi connectivity index (χ4n) is 1.34. The molecule has 0 fully saturated rings. The van der Waals surface area contributed by atoms with Crippen molar-refractivity contribution in [2.45, 2.75) is 30.7 Å². The molecule has 0 aliphatic heterocycles.